The van der Waals surface area contributed by atoms with E-state index in [-0.39, 0.29) is 24.4 Å². The van der Waals surface area contributed by atoms with Gasteiger partial charge in [0.15, 0.2) is 0 Å². The molecule has 6 nitrogen and oxygen atoms in total. The topological polar surface area (TPSA) is 63.6 Å². The van der Waals surface area contributed by atoms with Gasteiger partial charge in [0.2, 0.25) is 5.91 Å². The molecule has 0 saturated heterocycles. The molecule has 1 unspecified atom stereocenters. The number of carbonyl (C=O) groups excluding carboxylic acids is 2. The lowest BCUT2D eigenvalue weighted by Gasteiger charge is -2.25. The minimum atomic E-state index is -0.284. The zero-order valence-corrected chi connectivity index (χ0v) is 18.8. The van der Waals surface area contributed by atoms with Crippen molar-refractivity contribution >= 4 is 22.7 Å². The number of nitrogens with one attached hydrogen (secondary N) is 1. The molecule has 32 heavy (non-hydrogen) atoms. The van der Waals surface area contributed by atoms with Crippen LogP contribution in [-0.2, 0) is 16.6 Å². The van der Waals surface area contributed by atoms with Crippen LogP contribution >= 0.6 is 0 Å². The summed E-state index contributed by atoms with van der Waals surface area (Å²) >= 11 is 0. The number of carbonyl (C=O) groups is 2. The minimum Gasteiger partial charge on any atom is -0.381 e. The molecule has 0 saturated carbocycles. The number of hydrogen-bond acceptors (Lipinski definition) is 3. The highest BCUT2D eigenvalue weighted by atomic mass is 16.5. The highest BCUT2D eigenvalue weighted by Gasteiger charge is 2.39. The van der Waals surface area contributed by atoms with E-state index in [1.165, 1.54) is 0 Å². The molecule has 1 atom stereocenters. The maximum Gasteiger partial charge on any atom is 0.255 e. The summed E-state index contributed by atoms with van der Waals surface area (Å²) in [6.07, 6.45) is 5.00. The van der Waals surface area contributed by atoms with Crippen molar-refractivity contribution in [3.8, 4) is 0 Å². The molecule has 1 aliphatic rings. The summed E-state index contributed by atoms with van der Waals surface area (Å²) < 4.78 is 7.62. The molecule has 2 heterocycles. The highest BCUT2D eigenvalue weighted by molar-refractivity contribution is 6.02. The monoisotopic (exact) mass is 433 g/mol. The van der Waals surface area contributed by atoms with Gasteiger partial charge in [0.25, 0.3) is 5.91 Å². The number of aromatic nitrogens is 1. The summed E-state index contributed by atoms with van der Waals surface area (Å²) in [5.41, 5.74) is 3.76. The first-order chi connectivity index (χ1) is 15.6. The van der Waals surface area contributed by atoms with Gasteiger partial charge >= 0.3 is 0 Å². The maximum absolute atomic E-state index is 13.3. The SMILES string of the molecule is CCCCOCCCNC(=O)CN1C(=O)c2ccccc2C1c1cn(C)c2ccccc12. The minimum absolute atomic E-state index is 0.0259. The van der Waals surface area contributed by atoms with Crippen molar-refractivity contribution in [1.82, 2.24) is 14.8 Å². The molecule has 0 aliphatic carbocycles. The second-order valence-electron chi connectivity index (χ2n) is 8.30. The van der Waals surface area contributed by atoms with Gasteiger partial charge in [-0.3, -0.25) is 9.59 Å². The average molecular weight is 434 g/mol. The van der Waals surface area contributed by atoms with E-state index in [1.807, 2.05) is 43.4 Å². The molecular weight excluding hydrogens is 402 g/mol. The zero-order chi connectivity index (χ0) is 22.5. The molecule has 0 bridgehead atoms. The van der Waals surface area contributed by atoms with Crippen LogP contribution in [0.3, 0.4) is 0 Å². The van der Waals surface area contributed by atoms with E-state index in [4.69, 9.17) is 4.74 Å². The molecule has 168 valence electrons. The summed E-state index contributed by atoms with van der Waals surface area (Å²) in [6, 6.07) is 15.5. The molecule has 1 aromatic heterocycles. The van der Waals surface area contributed by atoms with Crippen LogP contribution < -0.4 is 5.32 Å². The summed E-state index contributed by atoms with van der Waals surface area (Å²) in [5.74, 6) is -0.249. The molecule has 3 aromatic rings. The summed E-state index contributed by atoms with van der Waals surface area (Å²) in [7, 11) is 2.01. The van der Waals surface area contributed by atoms with Crippen molar-refractivity contribution in [3.05, 3.63) is 71.4 Å². The average Bonchev–Trinajstić information content (AvgIpc) is 3.27. The number of rotatable bonds is 10. The van der Waals surface area contributed by atoms with Crippen LogP contribution in [0.15, 0.2) is 54.7 Å². The van der Waals surface area contributed by atoms with Crippen LogP contribution in [0.4, 0.5) is 0 Å². The van der Waals surface area contributed by atoms with Crippen LogP contribution in [0.1, 0.15) is 53.7 Å². The lowest BCUT2D eigenvalue weighted by molar-refractivity contribution is -0.122. The second kappa shape index (κ2) is 10.0. The van der Waals surface area contributed by atoms with E-state index in [2.05, 4.69) is 35.1 Å². The lowest BCUT2D eigenvalue weighted by Crippen LogP contribution is -2.40. The Hall–Kier alpha value is -3.12. The van der Waals surface area contributed by atoms with E-state index in [0.29, 0.717) is 18.7 Å². The van der Waals surface area contributed by atoms with Crippen LogP contribution in [0.25, 0.3) is 10.9 Å². The van der Waals surface area contributed by atoms with Gasteiger partial charge in [-0.15, -0.1) is 0 Å². The smallest absolute Gasteiger partial charge is 0.255 e. The van der Waals surface area contributed by atoms with E-state index in [9.17, 15) is 9.59 Å². The lowest BCUT2D eigenvalue weighted by atomic mass is 9.97. The predicted molar refractivity (Wildman–Crippen MR) is 126 cm³/mol. The van der Waals surface area contributed by atoms with Crippen LogP contribution in [0.5, 0.6) is 0 Å². The van der Waals surface area contributed by atoms with Crippen molar-refractivity contribution in [2.45, 2.75) is 32.2 Å². The molecule has 6 heteroatoms. The third-order valence-corrected chi connectivity index (χ3v) is 6.02. The highest BCUT2D eigenvalue weighted by Crippen LogP contribution is 2.41. The molecular formula is C26H31N3O3. The van der Waals surface area contributed by atoms with Gasteiger partial charge in [0, 0.05) is 55.0 Å². The fraction of sp³-hybridized carbons (Fsp3) is 0.385. The van der Waals surface area contributed by atoms with Gasteiger partial charge in [-0.1, -0.05) is 49.7 Å². The summed E-state index contributed by atoms with van der Waals surface area (Å²) in [4.78, 5) is 27.7. The van der Waals surface area contributed by atoms with Crippen LogP contribution in [0.2, 0.25) is 0 Å². The number of unbranched alkanes of at least 4 members (excludes halogenated alkanes) is 1. The van der Waals surface area contributed by atoms with Crippen molar-refractivity contribution in [2.24, 2.45) is 7.05 Å². The number of nitrogens with zero attached hydrogens (tertiary/aromatic N) is 2. The Kier molecular flexibility index (Phi) is 6.90. The Balaban J connectivity index is 1.51. The van der Waals surface area contributed by atoms with Gasteiger partial charge in [-0.25, -0.2) is 0 Å². The Bertz CT molecular complexity index is 1100. The van der Waals surface area contributed by atoms with Gasteiger partial charge < -0.3 is 19.5 Å². The second-order valence-corrected chi connectivity index (χ2v) is 8.30. The molecule has 2 aromatic carbocycles. The Morgan fingerprint density at radius 2 is 1.78 bits per heavy atom. The van der Waals surface area contributed by atoms with E-state index >= 15 is 0 Å². The van der Waals surface area contributed by atoms with Gasteiger partial charge in [-0.2, -0.15) is 0 Å². The Morgan fingerprint density at radius 3 is 2.62 bits per heavy atom. The standard InChI is InChI=1S/C26H31N3O3/c1-3-4-15-32-16-9-14-27-24(30)18-29-25(20-11-5-6-12-21(20)26(29)31)22-17-28(2)23-13-8-7-10-19(22)23/h5-8,10-13,17,25H,3-4,9,14-16,18H2,1-2H3,(H,27,30). The summed E-state index contributed by atoms with van der Waals surface area (Å²) in [5, 5.41) is 4.04. The van der Waals surface area contributed by atoms with Crippen molar-refractivity contribution < 1.29 is 14.3 Å². The number of fused-ring (bicyclic) bond motifs is 2. The molecule has 1 N–H and O–H groups in total. The van der Waals surface area contributed by atoms with E-state index < -0.39 is 0 Å². The molecule has 2 amide bonds. The van der Waals surface area contributed by atoms with E-state index in [1.54, 1.807) is 4.90 Å². The maximum atomic E-state index is 13.3. The van der Waals surface area contributed by atoms with Crippen LogP contribution in [-0.4, -0.2) is 47.6 Å². The van der Waals surface area contributed by atoms with Crippen molar-refractivity contribution in [2.75, 3.05) is 26.3 Å². The molecule has 0 spiro atoms. The number of ether oxygens (including phenoxy) is 1. The molecule has 1 aliphatic heterocycles. The van der Waals surface area contributed by atoms with Gasteiger partial charge in [0.1, 0.15) is 6.54 Å². The molecule has 0 fully saturated rings. The van der Waals surface area contributed by atoms with Gasteiger partial charge in [-0.05, 0) is 30.5 Å². The quantitative estimate of drug-likeness (QED) is 0.491. The number of amides is 2. The Labute approximate surface area is 189 Å². The van der Waals surface area contributed by atoms with Crippen molar-refractivity contribution in [1.29, 1.82) is 0 Å². The number of aryl methyl sites for hydroxylation is 1. The largest absolute Gasteiger partial charge is 0.381 e. The van der Waals surface area contributed by atoms with Gasteiger partial charge in [0.05, 0.1) is 6.04 Å². The number of para-hydroxylation sites is 1. The van der Waals surface area contributed by atoms with Crippen molar-refractivity contribution in [3.63, 3.8) is 0 Å². The number of benzene rings is 2. The third kappa shape index (κ3) is 4.41. The molecule has 0 radical (unpaired) electrons. The number of hydrogen-bond donors (Lipinski definition) is 1. The first-order valence-electron chi connectivity index (χ1n) is 11.4. The predicted octanol–water partition coefficient (Wildman–Crippen LogP) is 4.05. The normalized spacial score (nSPS) is 15.4. The molecule has 4 rings (SSSR count). The fourth-order valence-corrected chi connectivity index (χ4v) is 4.42. The first kappa shape index (κ1) is 22.1. The van der Waals surface area contributed by atoms with Crippen LogP contribution in [0, 0.1) is 0 Å². The Morgan fingerprint density at radius 1 is 1.03 bits per heavy atom. The third-order valence-electron chi connectivity index (χ3n) is 6.02. The van der Waals surface area contributed by atoms with E-state index in [0.717, 1.165) is 47.9 Å². The summed E-state index contributed by atoms with van der Waals surface area (Å²) in [6.45, 7) is 4.09. The zero-order valence-electron chi connectivity index (χ0n) is 18.8. The first-order valence-corrected chi connectivity index (χ1v) is 11.4. The fourth-order valence-electron chi connectivity index (χ4n) is 4.42.